The number of anilines is 1. The summed E-state index contributed by atoms with van der Waals surface area (Å²) in [4.78, 5) is 51.9. The minimum atomic E-state index is -0.658. The number of nitrogens with one attached hydrogen (secondary N) is 4. The van der Waals surface area contributed by atoms with Gasteiger partial charge in [-0.2, -0.15) is 5.10 Å². The molecule has 202 valence electrons. The third-order valence-corrected chi connectivity index (χ3v) is 6.50. The molecule has 0 saturated carbocycles. The van der Waals surface area contributed by atoms with E-state index in [4.69, 9.17) is 28.9 Å². The van der Waals surface area contributed by atoms with Gasteiger partial charge in [-0.3, -0.25) is 24.3 Å². The molecule has 14 heteroatoms. The molecule has 1 saturated heterocycles. The van der Waals surface area contributed by atoms with Crippen molar-refractivity contribution >= 4 is 64.9 Å². The maximum atomic E-state index is 12.9. The highest BCUT2D eigenvalue weighted by atomic mass is 35.5. The summed E-state index contributed by atoms with van der Waals surface area (Å²) < 4.78 is 0. The number of piperidine rings is 1. The van der Waals surface area contributed by atoms with Gasteiger partial charge in [-0.1, -0.05) is 43.1 Å². The largest absolute Gasteiger partial charge is 0.348 e. The summed E-state index contributed by atoms with van der Waals surface area (Å²) in [5.74, 6) is -1.71. The van der Waals surface area contributed by atoms with Crippen molar-refractivity contribution in [2.45, 2.75) is 38.8 Å². The Labute approximate surface area is 230 Å². The monoisotopic (exact) mass is 573 g/mol. The van der Waals surface area contributed by atoms with Crippen LogP contribution < -0.4 is 21.7 Å². The lowest BCUT2D eigenvalue weighted by atomic mass is 9.99. The molecule has 1 aliphatic rings. The van der Waals surface area contributed by atoms with Gasteiger partial charge in [0.05, 0.1) is 27.8 Å². The summed E-state index contributed by atoms with van der Waals surface area (Å²) in [6.07, 6.45) is 2.43. The number of benzene rings is 1. The fraction of sp³-hybridized carbons (Fsp3) is 0.435. The van der Waals surface area contributed by atoms with Gasteiger partial charge in [-0.05, 0) is 30.9 Å². The topological polar surface area (TPSA) is 162 Å². The number of carbonyl (C=O) groups excluding carboxylic acids is 4. The number of amides is 4. The van der Waals surface area contributed by atoms with Crippen molar-refractivity contribution in [2.75, 3.05) is 25.0 Å². The highest BCUT2D eigenvalue weighted by Gasteiger charge is 2.32. The zero-order chi connectivity index (χ0) is 26.4. The molecule has 1 atom stereocenters. The van der Waals surface area contributed by atoms with Gasteiger partial charge in [-0.25, -0.2) is 0 Å². The lowest BCUT2D eigenvalue weighted by Crippen LogP contribution is -2.55. The Hall–Kier alpha value is -2.86. The molecule has 1 aromatic heterocycles. The zero-order valence-corrected chi connectivity index (χ0v) is 22.7. The van der Waals surface area contributed by atoms with Crippen molar-refractivity contribution in [3.8, 4) is 0 Å². The van der Waals surface area contributed by atoms with Gasteiger partial charge in [0.2, 0.25) is 11.8 Å². The van der Waals surface area contributed by atoms with Crippen LogP contribution in [0.25, 0.3) is 0 Å². The number of nitrogens with two attached hydrogens (primary N) is 1. The van der Waals surface area contributed by atoms with Crippen LogP contribution in [0.2, 0.25) is 10.0 Å². The molecule has 11 nitrogen and oxygen atoms in total. The third-order valence-electron chi connectivity index (χ3n) is 5.87. The predicted molar refractivity (Wildman–Crippen MR) is 143 cm³/mol. The van der Waals surface area contributed by atoms with E-state index in [0.717, 1.165) is 0 Å². The van der Waals surface area contributed by atoms with Gasteiger partial charge in [0.1, 0.15) is 6.04 Å². The van der Waals surface area contributed by atoms with Crippen molar-refractivity contribution in [2.24, 2.45) is 11.7 Å². The number of carbonyl (C=O) groups is 4. The minimum absolute atomic E-state index is 0. The average Bonchev–Trinajstić information content (AvgIpc) is 3.30. The Morgan fingerprint density at radius 3 is 2.32 bits per heavy atom. The molecule has 2 heterocycles. The number of rotatable bonds is 8. The molecule has 0 bridgehead atoms. The summed E-state index contributed by atoms with van der Waals surface area (Å²) in [5.41, 5.74) is 5.64. The maximum Gasteiger partial charge on any atom is 0.274 e. The zero-order valence-electron chi connectivity index (χ0n) is 20.3. The first-order valence-electron chi connectivity index (χ1n) is 11.5. The summed E-state index contributed by atoms with van der Waals surface area (Å²) in [5, 5.41) is 15.1. The van der Waals surface area contributed by atoms with Gasteiger partial charge in [0.25, 0.3) is 11.8 Å². The fourth-order valence-corrected chi connectivity index (χ4v) is 4.47. The van der Waals surface area contributed by atoms with Gasteiger partial charge in [-0.15, -0.1) is 12.4 Å². The average molecular weight is 575 g/mol. The second-order valence-corrected chi connectivity index (χ2v) is 9.58. The second kappa shape index (κ2) is 13.6. The van der Waals surface area contributed by atoms with E-state index in [-0.39, 0.29) is 69.7 Å². The van der Waals surface area contributed by atoms with Crippen LogP contribution in [-0.2, 0) is 9.59 Å². The van der Waals surface area contributed by atoms with Crippen molar-refractivity contribution in [3.63, 3.8) is 0 Å². The van der Waals surface area contributed by atoms with Crippen LogP contribution in [0.5, 0.6) is 0 Å². The van der Waals surface area contributed by atoms with E-state index in [1.54, 1.807) is 11.0 Å². The molecule has 1 fully saturated rings. The number of aromatic nitrogens is 2. The van der Waals surface area contributed by atoms with E-state index in [2.05, 4.69) is 26.1 Å². The fourth-order valence-electron chi connectivity index (χ4n) is 3.90. The molecular formula is C23H30Cl3N7O4. The first-order valence-corrected chi connectivity index (χ1v) is 12.3. The molecule has 6 N–H and O–H groups in total. The molecule has 2 aromatic rings. The van der Waals surface area contributed by atoms with Crippen LogP contribution in [0.4, 0.5) is 5.69 Å². The maximum absolute atomic E-state index is 12.9. The SMILES string of the molecule is CC(C)C(NC(=O)CN)C(=O)N1CCC(NC(=O)c2n[nH]cc2NC(=O)c2c(Cl)cccc2Cl)CC1.Cl. The molecule has 0 radical (unpaired) electrons. The van der Waals surface area contributed by atoms with E-state index in [0.29, 0.717) is 25.9 Å². The summed E-state index contributed by atoms with van der Waals surface area (Å²) >= 11 is 12.2. The van der Waals surface area contributed by atoms with Crippen molar-refractivity contribution in [1.29, 1.82) is 0 Å². The Bertz CT molecular complexity index is 1110. The first-order chi connectivity index (χ1) is 17.1. The van der Waals surface area contributed by atoms with E-state index < -0.39 is 17.9 Å². The van der Waals surface area contributed by atoms with Crippen LogP contribution >= 0.6 is 35.6 Å². The normalized spacial score (nSPS) is 14.5. The molecule has 0 aliphatic carbocycles. The molecule has 37 heavy (non-hydrogen) atoms. The Morgan fingerprint density at radius 1 is 1.14 bits per heavy atom. The van der Waals surface area contributed by atoms with Crippen LogP contribution in [0.1, 0.15) is 47.5 Å². The van der Waals surface area contributed by atoms with E-state index in [9.17, 15) is 19.2 Å². The number of aromatic amines is 1. The lowest BCUT2D eigenvalue weighted by Gasteiger charge is -2.35. The number of likely N-dealkylation sites (tertiary alicyclic amines) is 1. The third kappa shape index (κ3) is 7.57. The molecule has 1 unspecified atom stereocenters. The number of halogens is 3. The minimum Gasteiger partial charge on any atom is -0.348 e. The van der Waals surface area contributed by atoms with Crippen LogP contribution in [0.3, 0.4) is 0 Å². The van der Waals surface area contributed by atoms with E-state index in [1.807, 2.05) is 13.8 Å². The standard InChI is InChI=1S/C23H29Cl2N7O4.ClH/c1-12(2)19(30-17(33)10-26)23(36)32-8-6-13(7-9-32)28-22(35)20-16(11-27-31-20)29-21(34)18-14(24)4-3-5-15(18)25;/h3-5,11-13,19H,6-10,26H2,1-2H3,(H,27,31)(H,28,35)(H,29,34)(H,30,33);1H. The summed E-state index contributed by atoms with van der Waals surface area (Å²) in [6, 6.07) is 3.84. The van der Waals surface area contributed by atoms with Crippen molar-refractivity contribution in [3.05, 3.63) is 45.7 Å². The van der Waals surface area contributed by atoms with Crippen molar-refractivity contribution in [1.82, 2.24) is 25.7 Å². The van der Waals surface area contributed by atoms with Gasteiger partial charge >= 0.3 is 0 Å². The summed E-state index contributed by atoms with van der Waals surface area (Å²) in [7, 11) is 0. The van der Waals surface area contributed by atoms with Crippen LogP contribution in [0, 0.1) is 5.92 Å². The van der Waals surface area contributed by atoms with Crippen molar-refractivity contribution < 1.29 is 19.2 Å². The highest BCUT2D eigenvalue weighted by Crippen LogP contribution is 2.26. The molecule has 3 rings (SSSR count). The van der Waals surface area contributed by atoms with Gasteiger partial charge < -0.3 is 26.6 Å². The number of nitrogens with zero attached hydrogens (tertiary/aromatic N) is 2. The lowest BCUT2D eigenvalue weighted by molar-refractivity contribution is -0.138. The van der Waals surface area contributed by atoms with E-state index in [1.165, 1.54) is 18.3 Å². The first kappa shape index (κ1) is 30.4. The smallest absolute Gasteiger partial charge is 0.274 e. The van der Waals surface area contributed by atoms with Gasteiger partial charge in [0.15, 0.2) is 5.69 Å². The highest BCUT2D eigenvalue weighted by molar-refractivity contribution is 6.40. The summed E-state index contributed by atoms with van der Waals surface area (Å²) in [6.45, 7) is 4.35. The Kier molecular flexibility index (Phi) is 11.2. The number of hydrogen-bond donors (Lipinski definition) is 5. The molecule has 1 aliphatic heterocycles. The predicted octanol–water partition coefficient (Wildman–Crippen LogP) is 2.21. The second-order valence-electron chi connectivity index (χ2n) is 8.76. The van der Waals surface area contributed by atoms with Crippen LogP contribution in [0.15, 0.2) is 24.4 Å². The van der Waals surface area contributed by atoms with E-state index >= 15 is 0 Å². The Balaban J connectivity index is 0.00000481. The molecule has 1 aromatic carbocycles. The van der Waals surface area contributed by atoms with Gasteiger partial charge in [0, 0.05) is 25.3 Å². The number of H-pyrrole nitrogens is 1. The number of hydrogen-bond acceptors (Lipinski definition) is 6. The van der Waals surface area contributed by atoms with Crippen LogP contribution in [-0.4, -0.2) is 70.4 Å². The molecular weight excluding hydrogens is 545 g/mol. The Morgan fingerprint density at radius 2 is 1.76 bits per heavy atom. The molecule has 4 amide bonds. The quantitative estimate of drug-likeness (QED) is 0.325. The molecule has 0 spiro atoms.